The molecular formula is C12H13BrO. The molecule has 0 heterocycles. The van der Waals surface area contributed by atoms with Crippen LogP contribution in [0.1, 0.15) is 29.3 Å². The normalized spacial score (nSPS) is 10.7. The third-order valence-electron chi connectivity index (χ3n) is 1.90. The fourth-order valence-electron chi connectivity index (χ4n) is 1.11. The minimum atomic E-state index is 0.112. The number of hydrogen-bond donors (Lipinski definition) is 0. The molecule has 0 unspecified atom stereocenters. The number of hydrogen-bond acceptors (Lipinski definition) is 1. The van der Waals surface area contributed by atoms with E-state index in [9.17, 15) is 4.79 Å². The van der Waals surface area contributed by atoms with Crippen LogP contribution in [0.25, 0.3) is 6.08 Å². The first-order valence-electron chi connectivity index (χ1n) is 4.57. The molecule has 14 heavy (non-hydrogen) atoms. The number of benzene rings is 1. The van der Waals surface area contributed by atoms with Gasteiger partial charge >= 0.3 is 0 Å². The number of allylic oxidation sites excluding steroid dienone is 1. The molecule has 0 bridgehead atoms. The molecule has 74 valence electrons. The highest BCUT2D eigenvalue weighted by Crippen LogP contribution is 2.07. The summed E-state index contributed by atoms with van der Waals surface area (Å²) in [5.74, 6) is 0.112. The minimum Gasteiger partial charge on any atom is -0.295 e. The van der Waals surface area contributed by atoms with Gasteiger partial charge in [0.05, 0.1) is 0 Å². The van der Waals surface area contributed by atoms with E-state index in [0.29, 0.717) is 0 Å². The molecule has 0 atom stereocenters. The number of halogens is 1. The number of Topliss-reactive ketones (excluding diaryl/α,β-unsaturated/α-hetero) is 1. The molecule has 0 saturated heterocycles. The van der Waals surface area contributed by atoms with Crippen molar-refractivity contribution in [1.29, 1.82) is 0 Å². The largest absolute Gasteiger partial charge is 0.295 e. The molecule has 0 aromatic heterocycles. The maximum atomic E-state index is 11.0. The quantitative estimate of drug-likeness (QED) is 0.590. The van der Waals surface area contributed by atoms with Gasteiger partial charge in [-0.05, 0) is 18.9 Å². The van der Waals surface area contributed by atoms with Crippen LogP contribution in [0, 0.1) is 0 Å². The SMILES string of the molecule is CC(=O)c1ccc(C=CCCBr)cc1. The number of alkyl halides is 1. The predicted octanol–water partition coefficient (Wildman–Crippen LogP) is 3.69. The zero-order valence-corrected chi connectivity index (χ0v) is 9.75. The van der Waals surface area contributed by atoms with Crippen molar-refractivity contribution in [2.24, 2.45) is 0 Å². The van der Waals surface area contributed by atoms with Crippen molar-refractivity contribution in [2.45, 2.75) is 13.3 Å². The molecule has 1 rings (SSSR count). The average molecular weight is 253 g/mol. The number of ketones is 1. The molecule has 0 aliphatic carbocycles. The van der Waals surface area contributed by atoms with E-state index in [0.717, 1.165) is 22.9 Å². The highest BCUT2D eigenvalue weighted by Gasteiger charge is 1.96. The summed E-state index contributed by atoms with van der Waals surface area (Å²) in [7, 11) is 0. The van der Waals surface area contributed by atoms with Gasteiger partial charge in [0.1, 0.15) is 0 Å². The Hall–Kier alpha value is -0.890. The summed E-state index contributed by atoms with van der Waals surface area (Å²) in [5, 5.41) is 0.981. The second kappa shape index (κ2) is 5.76. The molecule has 0 radical (unpaired) electrons. The van der Waals surface area contributed by atoms with E-state index in [1.807, 2.05) is 24.3 Å². The first-order chi connectivity index (χ1) is 6.74. The standard InChI is InChI=1S/C12H13BrO/c1-10(14)12-7-5-11(6-8-12)4-2-3-9-13/h2,4-8H,3,9H2,1H3. The lowest BCUT2D eigenvalue weighted by Gasteiger charge is -1.96. The number of rotatable bonds is 4. The van der Waals surface area contributed by atoms with Gasteiger partial charge in [-0.25, -0.2) is 0 Å². The van der Waals surface area contributed by atoms with Gasteiger partial charge in [0.15, 0.2) is 5.78 Å². The highest BCUT2D eigenvalue weighted by molar-refractivity contribution is 9.09. The summed E-state index contributed by atoms with van der Waals surface area (Å²) < 4.78 is 0. The van der Waals surface area contributed by atoms with Crippen molar-refractivity contribution < 1.29 is 4.79 Å². The second-order valence-electron chi connectivity index (χ2n) is 3.06. The van der Waals surface area contributed by atoms with Gasteiger partial charge in [-0.1, -0.05) is 52.3 Å². The van der Waals surface area contributed by atoms with Crippen LogP contribution < -0.4 is 0 Å². The van der Waals surface area contributed by atoms with E-state index in [-0.39, 0.29) is 5.78 Å². The van der Waals surface area contributed by atoms with Crippen LogP contribution in [0.2, 0.25) is 0 Å². The molecule has 0 amide bonds. The summed E-state index contributed by atoms with van der Waals surface area (Å²) in [4.78, 5) is 11.0. The minimum absolute atomic E-state index is 0.112. The van der Waals surface area contributed by atoms with Gasteiger partial charge in [0.2, 0.25) is 0 Å². The van der Waals surface area contributed by atoms with Crippen molar-refractivity contribution in [3.63, 3.8) is 0 Å². The molecule has 0 spiro atoms. The van der Waals surface area contributed by atoms with Crippen LogP contribution in [0.4, 0.5) is 0 Å². The molecule has 1 nitrogen and oxygen atoms in total. The van der Waals surface area contributed by atoms with E-state index in [4.69, 9.17) is 0 Å². The summed E-state index contributed by atoms with van der Waals surface area (Å²) in [5.41, 5.74) is 1.90. The molecule has 0 aliphatic heterocycles. The Labute approximate surface area is 93.0 Å². The maximum Gasteiger partial charge on any atom is 0.159 e. The third kappa shape index (κ3) is 3.46. The first-order valence-corrected chi connectivity index (χ1v) is 5.69. The van der Waals surface area contributed by atoms with Crippen molar-refractivity contribution in [3.8, 4) is 0 Å². The Balaban J connectivity index is 2.68. The fourth-order valence-corrected chi connectivity index (χ4v) is 1.38. The lowest BCUT2D eigenvalue weighted by Crippen LogP contribution is -1.90. The Morgan fingerprint density at radius 1 is 1.36 bits per heavy atom. The van der Waals surface area contributed by atoms with Crippen LogP contribution in [-0.4, -0.2) is 11.1 Å². The van der Waals surface area contributed by atoms with Crippen molar-refractivity contribution in [2.75, 3.05) is 5.33 Å². The Kier molecular flexibility index (Phi) is 4.60. The van der Waals surface area contributed by atoms with E-state index in [1.165, 1.54) is 0 Å². The van der Waals surface area contributed by atoms with Gasteiger partial charge in [-0.3, -0.25) is 4.79 Å². The van der Waals surface area contributed by atoms with Gasteiger partial charge in [0, 0.05) is 10.9 Å². The smallest absolute Gasteiger partial charge is 0.159 e. The molecule has 0 saturated carbocycles. The molecule has 0 N–H and O–H groups in total. The van der Waals surface area contributed by atoms with E-state index >= 15 is 0 Å². The second-order valence-corrected chi connectivity index (χ2v) is 3.85. The molecule has 0 aliphatic rings. The molecule has 2 heteroatoms. The van der Waals surface area contributed by atoms with E-state index < -0.39 is 0 Å². The lowest BCUT2D eigenvalue weighted by molar-refractivity contribution is 0.101. The fraction of sp³-hybridized carbons (Fsp3) is 0.250. The van der Waals surface area contributed by atoms with Crippen LogP contribution in [0.3, 0.4) is 0 Å². The van der Waals surface area contributed by atoms with Crippen molar-refractivity contribution in [3.05, 3.63) is 41.5 Å². The Morgan fingerprint density at radius 2 is 2.00 bits per heavy atom. The summed E-state index contributed by atoms with van der Waals surface area (Å²) in [6.07, 6.45) is 5.19. The zero-order valence-electron chi connectivity index (χ0n) is 8.16. The summed E-state index contributed by atoms with van der Waals surface area (Å²) in [6.45, 7) is 1.58. The van der Waals surface area contributed by atoms with Gasteiger partial charge < -0.3 is 0 Å². The zero-order chi connectivity index (χ0) is 10.4. The molecule has 1 aromatic rings. The maximum absolute atomic E-state index is 11.0. The molecule has 0 fully saturated rings. The van der Waals surface area contributed by atoms with E-state index in [2.05, 4.69) is 28.1 Å². The molecule has 1 aromatic carbocycles. The van der Waals surface area contributed by atoms with Crippen LogP contribution in [-0.2, 0) is 0 Å². The van der Waals surface area contributed by atoms with Crippen LogP contribution >= 0.6 is 15.9 Å². The van der Waals surface area contributed by atoms with Gasteiger partial charge in [-0.2, -0.15) is 0 Å². The average Bonchev–Trinajstić information content (AvgIpc) is 2.19. The van der Waals surface area contributed by atoms with Crippen molar-refractivity contribution in [1.82, 2.24) is 0 Å². The van der Waals surface area contributed by atoms with Crippen LogP contribution in [0.5, 0.6) is 0 Å². The van der Waals surface area contributed by atoms with Gasteiger partial charge in [0.25, 0.3) is 0 Å². The van der Waals surface area contributed by atoms with Gasteiger partial charge in [-0.15, -0.1) is 0 Å². The first kappa shape index (κ1) is 11.2. The number of carbonyl (C=O) groups excluding carboxylic acids is 1. The van der Waals surface area contributed by atoms with Crippen LogP contribution in [0.15, 0.2) is 30.3 Å². The van der Waals surface area contributed by atoms with E-state index in [1.54, 1.807) is 6.92 Å². The summed E-state index contributed by atoms with van der Waals surface area (Å²) >= 11 is 3.36. The number of carbonyl (C=O) groups is 1. The monoisotopic (exact) mass is 252 g/mol. The Bertz CT molecular complexity index is 325. The Morgan fingerprint density at radius 3 is 2.50 bits per heavy atom. The topological polar surface area (TPSA) is 17.1 Å². The third-order valence-corrected chi connectivity index (χ3v) is 2.36. The predicted molar refractivity (Wildman–Crippen MR) is 63.9 cm³/mol. The summed E-state index contributed by atoms with van der Waals surface area (Å²) in [6, 6.07) is 7.63. The molecular weight excluding hydrogens is 240 g/mol. The highest BCUT2D eigenvalue weighted by atomic mass is 79.9. The van der Waals surface area contributed by atoms with Crippen molar-refractivity contribution >= 4 is 27.8 Å². The lowest BCUT2D eigenvalue weighted by atomic mass is 10.1.